The normalized spacial score (nSPS) is 12.4. The first-order chi connectivity index (χ1) is 11.5. The van der Waals surface area contributed by atoms with Crippen LogP contribution in [0.25, 0.3) is 11.5 Å². The largest absolute Gasteiger partial charge is 0.455 e. The molecule has 1 aromatic heterocycles. The first-order valence-corrected chi connectivity index (χ1v) is 8.21. The van der Waals surface area contributed by atoms with Gasteiger partial charge in [0.2, 0.25) is 5.82 Å². The predicted octanol–water partition coefficient (Wildman–Crippen LogP) is 3.88. The lowest BCUT2D eigenvalue weighted by Crippen LogP contribution is -2.24. The molecule has 1 aromatic carbocycles. The number of esters is 1. The van der Waals surface area contributed by atoms with E-state index in [2.05, 4.69) is 24.0 Å². The molecule has 0 aliphatic heterocycles. The fourth-order valence-corrected chi connectivity index (χ4v) is 2.07. The Kier molecular flexibility index (Phi) is 6.75. The number of benzene rings is 1. The number of carbonyl (C=O) groups excluding carboxylic acids is 1. The van der Waals surface area contributed by atoms with Crippen LogP contribution in [0.3, 0.4) is 0 Å². The van der Waals surface area contributed by atoms with E-state index in [9.17, 15) is 4.79 Å². The zero-order chi connectivity index (χ0) is 17.5. The molecule has 0 saturated heterocycles. The number of carbonyl (C=O) groups is 1. The van der Waals surface area contributed by atoms with Crippen molar-refractivity contribution in [1.29, 1.82) is 0 Å². The maximum Gasteiger partial charge on any atom is 0.335 e. The fraction of sp³-hybridized carbons (Fsp3) is 0.471. The molecule has 0 bridgehead atoms. The Morgan fingerprint density at radius 2 is 2.04 bits per heavy atom. The average Bonchev–Trinajstić information content (AvgIpc) is 3.01. The molecule has 0 spiro atoms. The van der Waals surface area contributed by atoms with E-state index in [0.717, 1.165) is 6.42 Å². The average molecular weight is 353 g/mol. The quantitative estimate of drug-likeness (QED) is 0.671. The van der Waals surface area contributed by atoms with Crippen LogP contribution < -0.4 is 0 Å². The highest BCUT2D eigenvalue weighted by molar-refractivity contribution is 6.33. The summed E-state index contributed by atoms with van der Waals surface area (Å²) in [5, 5.41) is 4.30. The second-order valence-corrected chi connectivity index (χ2v) is 6.21. The zero-order valence-electron chi connectivity index (χ0n) is 14.0. The summed E-state index contributed by atoms with van der Waals surface area (Å²) in [6.07, 6.45) is 0.266. The van der Waals surface area contributed by atoms with Crippen molar-refractivity contribution in [2.45, 2.75) is 39.9 Å². The van der Waals surface area contributed by atoms with Gasteiger partial charge >= 0.3 is 5.97 Å². The maximum atomic E-state index is 11.9. The van der Waals surface area contributed by atoms with Crippen molar-refractivity contribution < 1.29 is 18.8 Å². The molecule has 0 amide bonds. The van der Waals surface area contributed by atoms with E-state index < -0.39 is 12.1 Å². The summed E-state index contributed by atoms with van der Waals surface area (Å²) >= 11 is 6.08. The van der Waals surface area contributed by atoms with E-state index in [-0.39, 0.29) is 18.3 Å². The number of hydrogen-bond acceptors (Lipinski definition) is 6. The van der Waals surface area contributed by atoms with Gasteiger partial charge in [0.05, 0.1) is 10.6 Å². The maximum absolute atomic E-state index is 11.9. The number of ether oxygens (including phenoxy) is 2. The molecule has 0 fully saturated rings. The Balaban J connectivity index is 1.84. The Hall–Kier alpha value is -1.92. The van der Waals surface area contributed by atoms with Crippen molar-refractivity contribution in [3.63, 3.8) is 0 Å². The highest BCUT2D eigenvalue weighted by atomic mass is 35.5. The molecule has 0 N–H and O–H groups in total. The summed E-state index contributed by atoms with van der Waals surface area (Å²) in [4.78, 5) is 16.0. The summed E-state index contributed by atoms with van der Waals surface area (Å²) in [5.74, 6) is 0.624. The van der Waals surface area contributed by atoms with Crippen molar-refractivity contribution in [1.82, 2.24) is 10.1 Å². The summed E-state index contributed by atoms with van der Waals surface area (Å²) < 4.78 is 15.7. The Morgan fingerprint density at radius 1 is 1.29 bits per heavy atom. The van der Waals surface area contributed by atoms with Crippen LogP contribution in [-0.2, 0) is 20.9 Å². The molecule has 1 heterocycles. The van der Waals surface area contributed by atoms with Crippen LogP contribution in [0.1, 0.15) is 33.0 Å². The minimum absolute atomic E-state index is 0.0787. The lowest BCUT2D eigenvalue weighted by molar-refractivity contribution is -0.157. The molecule has 24 heavy (non-hydrogen) atoms. The van der Waals surface area contributed by atoms with Crippen LogP contribution in [0.5, 0.6) is 0 Å². The zero-order valence-corrected chi connectivity index (χ0v) is 14.7. The molecule has 0 radical (unpaired) electrons. The van der Waals surface area contributed by atoms with Gasteiger partial charge in [-0.15, -0.1) is 0 Å². The molecule has 1 atom stereocenters. The predicted molar refractivity (Wildman–Crippen MR) is 89.4 cm³/mol. The standard InChI is InChI=1S/C17H21ClN2O4/c1-11(2)8-9-22-12(3)17(21)23-10-15-19-16(24-20-15)13-6-4-5-7-14(13)18/h4-7,11-12H,8-10H2,1-3H3. The molecule has 6 nitrogen and oxygen atoms in total. The Labute approximate surface area is 146 Å². The number of nitrogens with zero attached hydrogens (tertiary/aromatic N) is 2. The van der Waals surface area contributed by atoms with Crippen molar-refractivity contribution in [2.75, 3.05) is 6.61 Å². The van der Waals surface area contributed by atoms with Gasteiger partial charge in [-0.2, -0.15) is 4.98 Å². The molecule has 1 unspecified atom stereocenters. The molecular formula is C17H21ClN2O4. The number of aromatic nitrogens is 2. The SMILES string of the molecule is CC(C)CCOC(C)C(=O)OCc1noc(-c2ccccc2Cl)n1. The molecule has 0 aliphatic carbocycles. The summed E-state index contributed by atoms with van der Waals surface area (Å²) in [6, 6.07) is 7.14. The van der Waals surface area contributed by atoms with Gasteiger partial charge in [-0.1, -0.05) is 42.7 Å². The molecule has 7 heteroatoms. The minimum atomic E-state index is -0.626. The second-order valence-electron chi connectivity index (χ2n) is 5.80. The third-order valence-corrected chi connectivity index (χ3v) is 3.64. The monoisotopic (exact) mass is 352 g/mol. The van der Waals surface area contributed by atoms with Crippen LogP contribution in [0.4, 0.5) is 0 Å². The third-order valence-electron chi connectivity index (χ3n) is 3.31. The first kappa shape index (κ1) is 18.4. The van der Waals surface area contributed by atoms with Crippen molar-refractivity contribution in [3.05, 3.63) is 35.1 Å². The smallest absolute Gasteiger partial charge is 0.335 e. The van der Waals surface area contributed by atoms with Gasteiger partial charge in [-0.25, -0.2) is 4.79 Å². The van der Waals surface area contributed by atoms with E-state index in [4.69, 9.17) is 25.6 Å². The summed E-state index contributed by atoms with van der Waals surface area (Å²) in [7, 11) is 0. The van der Waals surface area contributed by atoms with Crippen LogP contribution >= 0.6 is 11.6 Å². The number of halogens is 1. The van der Waals surface area contributed by atoms with Crippen LogP contribution in [0, 0.1) is 5.92 Å². The number of rotatable bonds is 8. The van der Waals surface area contributed by atoms with Gasteiger partial charge in [0.15, 0.2) is 12.7 Å². The summed E-state index contributed by atoms with van der Waals surface area (Å²) in [5.41, 5.74) is 0.634. The van der Waals surface area contributed by atoms with Gasteiger partial charge in [0, 0.05) is 6.61 Å². The van der Waals surface area contributed by atoms with E-state index in [1.165, 1.54) is 0 Å². The number of hydrogen-bond donors (Lipinski definition) is 0. The molecule has 130 valence electrons. The Morgan fingerprint density at radius 3 is 2.75 bits per heavy atom. The van der Waals surface area contributed by atoms with Gasteiger partial charge < -0.3 is 14.0 Å². The van der Waals surface area contributed by atoms with E-state index >= 15 is 0 Å². The van der Waals surface area contributed by atoms with Gasteiger partial charge in [-0.3, -0.25) is 0 Å². The van der Waals surface area contributed by atoms with Crippen LogP contribution in [0.2, 0.25) is 5.02 Å². The second kappa shape index (κ2) is 8.80. The molecule has 2 aromatic rings. The highest BCUT2D eigenvalue weighted by Gasteiger charge is 2.17. The molecule has 0 saturated carbocycles. The van der Waals surface area contributed by atoms with E-state index in [0.29, 0.717) is 23.1 Å². The van der Waals surface area contributed by atoms with Crippen LogP contribution in [0.15, 0.2) is 28.8 Å². The third kappa shape index (κ3) is 5.32. The summed E-state index contributed by atoms with van der Waals surface area (Å²) in [6.45, 7) is 6.30. The fourth-order valence-electron chi connectivity index (χ4n) is 1.86. The topological polar surface area (TPSA) is 74.5 Å². The van der Waals surface area contributed by atoms with Crippen molar-refractivity contribution in [2.24, 2.45) is 5.92 Å². The van der Waals surface area contributed by atoms with Gasteiger partial charge in [0.1, 0.15) is 0 Å². The van der Waals surface area contributed by atoms with Gasteiger partial charge in [-0.05, 0) is 31.4 Å². The molecule has 2 rings (SSSR count). The molecular weight excluding hydrogens is 332 g/mol. The highest BCUT2D eigenvalue weighted by Crippen LogP contribution is 2.25. The minimum Gasteiger partial charge on any atom is -0.455 e. The van der Waals surface area contributed by atoms with Crippen molar-refractivity contribution in [3.8, 4) is 11.5 Å². The van der Waals surface area contributed by atoms with E-state index in [1.54, 1.807) is 19.1 Å². The lowest BCUT2D eigenvalue weighted by Gasteiger charge is -2.12. The van der Waals surface area contributed by atoms with Gasteiger partial charge in [0.25, 0.3) is 5.89 Å². The first-order valence-electron chi connectivity index (χ1n) is 7.83. The van der Waals surface area contributed by atoms with Crippen LogP contribution in [-0.4, -0.2) is 28.8 Å². The molecule has 0 aliphatic rings. The van der Waals surface area contributed by atoms with Crippen molar-refractivity contribution >= 4 is 17.6 Å². The Bertz CT molecular complexity index is 672. The van der Waals surface area contributed by atoms with E-state index in [1.807, 2.05) is 12.1 Å². The lowest BCUT2D eigenvalue weighted by atomic mass is 10.1.